The van der Waals surface area contributed by atoms with Gasteiger partial charge in [-0.2, -0.15) is 5.26 Å². The van der Waals surface area contributed by atoms with E-state index in [-0.39, 0.29) is 24.8 Å². The Morgan fingerprint density at radius 2 is 1.94 bits per heavy atom. The number of aromatic nitrogens is 1. The Bertz CT molecular complexity index is 1340. The minimum atomic E-state index is -0.983. The van der Waals surface area contributed by atoms with Crippen molar-refractivity contribution in [3.05, 3.63) is 60.2 Å². The van der Waals surface area contributed by atoms with Crippen molar-refractivity contribution in [3.63, 3.8) is 0 Å². The van der Waals surface area contributed by atoms with Crippen LogP contribution in [0.3, 0.4) is 0 Å². The van der Waals surface area contributed by atoms with Gasteiger partial charge in [-0.15, -0.1) is 0 Å². The molecule has 1 saturated heterocycles. The minimum absolute atomic E-state index is 0.0706. The zero-order valence-corrected chi connectivity index (χ0v) is 19.7. The Morgan fingerprint density at radius 1 is 1.20 bits per heavy atom. The number of likely N-dealkylation sites (tertiary alicyclic amines) is 1. The summed E-state index contributed by atoms with van der Waals surface area (Å²) in [5.74, 6) is -1.46. The summed E-state index contributed by atoms with van der Waals surface area (Å²) in [7, 11) is 0. The lowest BCUT2D eigenvalue weighted by molar-refractivity contribution is -0.141. The Morgan fingerprint density at radius 3 is 2.69 bits per heavy atom. The van der Waals surface area contributed by atoms with Crippen LogP contribution < -0.4 is 10.6 Å². The van der Waals surface area contributed by atoms with Crippen molar-refractivity contribution >= 4 is 40.1 Å². The molecule has 0 bridgehead atoms. The van der Waals surface area contributed by atoms with E-state index in [0.29, 0.717) is 17.9 Å². The molecule has 2 aromatic carbocycles. The molecule has 3 heterocycles. The lowest BCUT2D eigenvalue weighted by Crippen LogP contribution is -2.45. The first-order valence-corrected chi connectivity index (χ1v) is 11.8. The van der Waals surface area contributed by atoms with Crippen LogP contribution in [0.25, 0.3) is 10.9 Å². The normalized spacial score (nSPS) is 21.7. The summed E-state index contributed by atoms with van der Waals surface area (Å²) >= 11 is 0. The van der Waals surface area contributed by atoms with E-state index < -0.39 is 29.2 Å². The Labute approximate surface area is 203 Å². The third-order valence-corrected chi connectivity index (χ3v) is 7.03. The lowest BCUT2D eigenvalue weighted by atomic mass is 9.80. The first kappa shape index (κ1) is 22.7. The first-order chi connectivity index (χ1) is 16.8. The number of fused-ring (bicyclic) bond motifs is 3. The van der Waals surface area contributed by atoms with Gasteiger partial charge < -0.3 is 20.5 Å². The second-order valence-corrected chi connectivity index (χ2v) is 9.84. The van der Waals surface area contributed by atoms with Crippen molar-refractivity contribution in [2.75, 3.05) is 17.2 Å². The molecule has 178 valence electrons. The molecule has 0 saturated carbocycles. The third-order valence-electron chi connectivity index (χ3n) is 7.03. The molecule has 1 unspecified atom stereocenters. The maximum atomic E-state index is 13.8. The summed E-state index contributed by atoms with van der Waals surface area (Å²) in [5, 5.41) is 16.6. The Balaban J connectivity index is 1.43. The maximum absolute atomic E-state index is 13.8. The van der Waals surface area contributed by atoms with Crippen molar-refractivity contribution in [1.82, 2.24) is 9.88 Å². The van der Waals surface area contributed by atoms with Crippen molar-refractivity contribution in [2.24, 2.45) is 11.8 Å². The largest absolute Gasteiger partial charge is 0.341 e. The van der Waals surface area contributed by atoms with Gasteiger partial charge in [-0.05, 0) is 36.1 Å². The fourth-order valence-electron chi connectivity index (χ4n) is 5.34. The third kappa shape index (κ3) is 3.83. The Kier molecular flexibility index (Phi) is 5.56. The number of carbonyl (C=O) groups excluding carboxylic acids is 3. The van der Waals surface area contributed by atoms with E-state index in [1.807, 2.05) is 68.4 Å². The summed E-state index contributed by atoms with van der Waals surface area (Å²) in [6.45, 7) is 3.97. The topological polar surface area (TPSA) is 118 Å². The predicted molar refractivity (Wildman–Crippen MR) is 132 cm³/mol. The van der Waals surface area contributed by atoms with Crippen molar-refractivity contribution in [3.8, 4) is 6.07 Å². The van der Waals surface area contributed by atoms with Crippen LogP contribution >= 0.6 is 0 Å². The molecule has 3 amide bonds. The molecule has 3 N–H and O–H groups in total. The van der Waals surface area contributed by atoms with Crippen LogP contribution in [0.15, 0.2) is 54.6 Å². The number of rotatable bonds is 5. The quantitative estimate of drug-likeness (QED) is 0.493. The molecule has 3 aromatic rings. The van der Waals surface area contributed by atoms with Crippen LogP contribution in [0.2, 0.25) is 0 Å². The highest BCUT2D eigenvalue weighted by atomic mass is 16.2. The zero-order valence-electron chi connectivity index (χ0n) is 19.7. The van der Waals surface area contributed by atoms with Crippen LogP contribution in [0, 0.1) is 23.2 Å². The van der Waals surface area contributed by atoms with Gasteiger partial charge in [0, 0.05) is 29.6 Å². The molecular formula is C27H27N5O3. The standard InChI is InChI=1S/C27H27N5O3/c1-16(2)11-19(24(33)31-23-12-17-7-3-5-9-21(17)29-23)25(34)32-15-27(13-18(32)14-28)20-8-4-6-10-22(20)30-26(27)35/h3-10,12,16,18-19,29H,11,13,15H2,1-2H3,(H,30,35)(H,31,33)/t18-,19?,27-/m0/s1. The second-order valence-electron chi connectivity index (χ2n) is 9.84. The number of anilines is 2. The summed E-state index contributed by atoms with van der Waals surface area (Å²) in [4.78, 5) is 44.8. The van der Waals surface area contributed by atoms with Crippen molar-refractivity contribution in [1.29, 1.82) is 5.26 Å². The highest BCUT2D eigenvalue weighted by molar-refractivity contribution is 6.09. The number of nitriles is 1. The molecule has 3 atom stereocenters. The molecule has 2 aliphatic heterocycles. The number of amides is 3. The van der Waals surface area contributed by atoms with Crippen LogP contribution in [0.5, 0.6) is 0 Å². The lowest BCUT2D eigenvalue weighted by Gasteiger charge is -2.27. The zero-order chi connectivity index (χ0) is 24.7. The van der Waals surface area contributed by atoms with E-state index in [1.165, 1.54) is 4.90 Å². The predicted octanol–water partition coefficient (Wildman–Crippen LogP) is 3.78. The highest BCUT2D eigenvalue weighted by Crippen LogP contribution is 2.46. The van der Waals surface area contributed by atoms with E-state index in [9.17, 15) is 19.6 Å². The maximum Gasteiger partial charge on any atom is 0.238 e. The van der Waals surface area contributed by atoms with Gasteiger partial charge >= 0.3 is 0 Å². The van der Waals surface area contributed by atoms with Crippen LogP contribution in [-0.2, 0) is 19.8 Å². The van der Waals surface area contributed by atoms with Gasteiger partial charge in [-0.3, -0.25) is 14.4 Å². The van der Waals surface area contributed by atoms with E-state index in [0.717, 1.165) is 16.5 Å². The molecule has 0 aliphatic carbocycles. The molecule has 35 heavy (non-hydrogen) atoms. The number of benzene rings is 2. The van der Waals surface area contributed by atoms with Crippen molar-refractivity contribution < 1.29 is 14.4 Å². The SMILES string of the molecule is CC(C)CC(C(=O)Nc1cc2ccccc2[nH]1)C(=O)N1C[C@]2(C[C@H]1C#N)C(=O)Nc1ccccc12. The summed E-state index contributed by atoms with van der Waals surface area (Å²) in [6, 6.07) is 18.3. The Hall–Kier alpha value is -4.12. The smallest absolute Gasteiger partial charge is 0.238 e. The average molecular weight is 470 g/mol. The van der Waals surface area contributed by atoms with Gasteiger partial charge in [0.25, 0.3) is 0 Å². The number of nitrogens with zero attached hydrogens (tertiary/aromatic N) is 2. The second kappa shape index (κ2) is 8.58. The number of nitrogens with one attached hydrogen (secondary N) is 3. The van der Waals surface area contributed by atoms with E-state index in [2.05, 4.69) is 21.7 Å². The first-order valence-electron chi connectivity index (χ1n) is 11.8. The van der Waals surface area contributed by atoms with Crippen LogP contribution in [-0.4, -0.2) is 40.2 Å². The van der Waals surface area contributed by atoms with Crippen LogP contribution in [0.1, 0.15) is 32.3 Å². The van der Waals surface area contributed by atoms with E-state index >= 15 is 0 Å². The molecular weight excluding hydrogens is 442 g/mol. The summed E-state index contributed by atoms with van der Waals surface area (Å²) in [6.07, 6.45) is 0.533. The number of aromatic amines is 1. The van der Waals surface area contributed by atoms with Gasteiger partial charge in [0.1, 0.15) is 17.8 Å². The molecule has 8 heteroatoms. The fourth-order valence-corrected chi connectivity index (χ4v) is 5.34. The average Bonchev–Trinajstić information content (AvgIpc) is 3.51. The number of H-pyrrole nitrogens is 1. The molecule has 8 nitrogen and oxygen atoms in total. The van der Waals surface area contributed by atoms with Gasteiger partial charge in [0.15, 0.2) is 0 Å². The molecule has 1 spiro atoms. The molecule has 5 rings (SSSR count). The number of para-hydroxylation sites is 2. The number of hydrogen-bond donors (Lipinski definition) is 3. The summed E-state index contributed by atoms with van der Waals surface area (Å²) in [5.41, 5.74) is 1.40. The highest BCUT2D eigenvalue weighted by Gasteiger charge is 2.56. The van der Waals surface area contributed by atoms with E-state index in [1.54, 1.807) is 0 Å². The molecule has 0 radical (unpaired) electrons. The number of hydrogen-bond acceptors (Lipinski definition) is 4. The minimum Gasteiger partial charge on any atom is -0.341 e. The van der Waals surface area contributed by atoms with Gasteiger partial charge in [0.2, 0.25) is 17.7 Å². The van der Waals surface area contributed by atoms with Gasteiger partial charge in [0.05, 0.1) is 11.5 Å². The molecule has 2 aliphatic rings. The monoisotopic (exact) mass is 469 g/mol. The van der Waals surface area contributed by atoms with Gasteiger partial charge in [-0.25, -0.2) is 0 Å². The van der Waals surface area contributed by atoms with Crippen LogP contribution in [0.4, 0.5) is 11.5 Å². The summed E-state index contributed by atoms with van der Waals surface area (Å²) < 4.78 is 0. The fraction of sp³-hybridized carbons (Fsp3) is 0.333. The molecule has 1 fully saturated rings. The van der Waals surface area contributed by atoms with Gasteiger partial charge in [-0.1, -0.05) is 50.2 Å². The number of carbonyl (C=O) groups is 3. The molecule has 1 aromatic heterocycles. The van der Waals surface area contributed by atoms with Crippen molar-refractivity contribution in [2.45, 2.75) is 38.1 Å². The van der Waals surface area contributed by atoms with E-state index in [4.69, 9.17) is 0 Å².